The topological polar surface area (TPSA) is 51.5 Å². The first-order valence-electron chi connectivity index (χ1n) is 6.53. The number of fused-ring (bicyclic) bond motifs is 3. The molecule has 4 heterocycles. The van der Waals surface area contributed by atoms with Crippen LogP contribution in [0.5, 0.6) is 0 Å². The molecule has 4 rings (SSSR count). The number of nitrogens with one attached hydrogen (secondary N) is 1. The molecule has 5 nitrogen and oxygen atoms in total. The summed E-state index contributed by atoms with van der Waals surface area (Å²) in [4.78, 5) is 4.49. The zero-order valence-corrected chi connectivity index (χ0v) is 10.3. The van der Waals surface area contributed by atoms with Gasteiger partial charge in [0.1, 0.15) is 0 Å². The lowest BCUT2D eigenvalue weighted by Crippen LogP contribution is -2.30. The second-order valence-electron chi connectivity index (χ2n) is 5.31. The summed E-state index contributed by atoms with van der Waals surface area (Å²) in [5.74, 6) is 0.710. The Hall–Kier alpha value is -1.62. The minimum atomic E-state index is 0.350. The number of aryl methyl sites for hydroxylation is 1. The van der Waals surface area contributed by atoms with Gasteiger partial charge in [0.15, 0.2) is 5.65 Å². The molecule has 2 aromatic heterocycles. The Morgan fingerprint density at radius 3 is 3.11 bits per heavy atom. The van der Waals surface area contributed by atoms with Crippen molar-refractivity contribution in [3.63, 3.8) is 0 Å². The first kappa shape index (κ1) is 10.3. The molecule has 18 heavy (non-hydrogen) atoms. The van der Waals surface area contributed by atoms with Crippen molar-refractivity contribution in [3.05, 3.63) is 23.9 Å². The highest BCUT2D eigenvalue weighted by Crippen LogP contribution is 2.35. The SMILES string of the molecule is Cc1ccc2nc(NC3CC4CCC3O4)nn2c1. The number of pyridine rings is 1. The van der Waals surface area contributed by atoms with Crippen molar-refractivity contribution in [1.29, 1.82) is 0 Å². The van der Waals surface area contributed by atoms with Gasteiger partial charge in [-0.1, -0.05) is 6.07 Å². The Bertz CT molecular complexity index is 594. The maximum atomic E-state index is 5.83. The van der Waals surface area contributed by atoms with E-state index in [1.807, 2.05) is 16.8 Å². The van der Waals surface area contributed by atoms with Gasteiger partial charge in [-0.3, -0.25) is 0 Å². The molecular formula is C13H16N4O. The van der Waals surface area contributed by atoms with Gasteiger partial charge in [-0.2, -0.15) is 4.98 Å². The predicted molar refractivity (Wildman–Crippen MR) is 67.6 cm³/mol. The predicted octanol–water partition coefficient (Wildman–Crippen LogP) is 1.77. The number of hydrogen-bond acceptors (Lipinski definition) is 4. The van der Waals surface area contributed by atoms with Gasteiger partial charge < -0.3 is 10.1 Å². The highest BCUT2D eigenvalue weighted by molar-refractivity contribution is 5.44. The summed E-state index contributed by atoms with van der Waals surface area (Å²) in [6.07, 6.45) is 6.24. The smallest absolute Gasteiger partial charge is 0.243 e. The molecule has 0 radical (unpaired) electrons. The fraction of sp³-hybridized carbons (Fsp3) is 0.538. The molecule has 2 aromatic rings. The van der Waals surface area contributed by atoms with Gasteiger partial charge in [0.05, 0.1) is 18.2 Å². The molecule has 1 N–H and O–H groups in total. The van der Waals surface area contributed by atoms with E-state index in [9.17, 15) is 0 Å². The Morgan fingerprint density at radius 1 is 1.39 bits per heavy atom. The van der Waals surface area contributed by atoms with Gasteiger partial charge in [-0.15, -0.1) is 5.10 Å². The number of anilines is 1. The molecule has 0 spiro atoms. The molecule has 5 heteroatoms. The second kappa shape index (κ2) is 3.68. The lowest BCUT2D eigenvalue weighted by atomic mass is 9.96. The van der Waals surface area contributed by atoms with Crippen molar-refractivity contribution < 1.29 is 4.74 Å². The quantitative estimate of drug-likeness (QED) is 0.874. The Kier molecular flexibility index (Phi) is 2.11. The number of nitrogens with zero attached hydrogens (tertiary/aromatic N) is 3. The van der Waals surface area contributed by atoms with E-state index in [1.165, 1.54) is 12.0 Å². The maximum absolute atomic E-state index is 5.83. The van der Waals surface area contributed by atoms with Crippen LogP contribution in [0.4, 0.5) is 5.95 Å². The molecule has 0 aromatic carbocycles. The van der Waals surface area contributed by atoms with Crippen molar-refractivity contribution >= 4 is 11.6 Å². The van der Waals surface area contributed by atoms with Crippen LogP contribution in [-0.2, 0) is 4.74 Å². The van der Waals surface area contributed by atoms with Crippen molar-refractivity contribution in [2.24, 2.45) is 0 Å². The average Bonchev–Trinajstić information content (AvgIpc) is 3.02. The third-order valence-electron chi connectivity index (χ3n) is 3.90. The van der Waals surface area contributed by atoms with Gasteiger partial charge in [-0.25, -0.2) is 4.52 Å². The molecule has 0 saturated carbocycles. The van der Waals surface area contributed by atoms with Crippen molar-refractivity contribution in [1.82, 2.24) is 14.6 Å². The van der Waals surface area contributed by atoms with Crippen LogP contribution in [0.3, 0.4) is 0 Å². The molecular weight excluding hydrogens is 228 g/mol. The molecule has 3 unspecified atom stereocenters. The summed E-state index contributed by atoms with van der Waals surface area (Å²) in [5, 5.41) is 7.87. The van der Waals surface area contributed by atoms with Crippen LogP contribution in [0.1, 0.15) is 24.8 Å². The van der Waals surface area contributed by atoms with Crippen molar-refractivity contribution in [3.8, 4) is 0 Å². The number of rotatable bonds is 2. The van der Waals surface area contributed by atoms with Crippen LogP contribution >= 0.6 is 0 Å². The molecule has 2 aliphatic heterocycles. The zero-order chi connectivity index (χ0) is 12.1. The highest BCUT2D eigenvalue weighted by atomic mass is 16.5. The van der Waals surface area contributed by atoms with E-state index in [4.69, 9.17) is 4.74 Å². The number of ether oxygens (including phenoxy) is 1. The first-order valence-corrected chi connectivity index (χ1v) is 6.53. The van der Waals surface area contributed by atoms with Crippen LogP contribution in [0.15, 0.2) is 18.3 Å². The fourth-order valence-electron chi connectivity index (χ4n) is 3.00. The summed E-state index contributed by atoms with van der Waals surface area (Å²) in [6, 6.07) is 4.42. The second-order valence-corrected chi connectivity index (χ2v) is 5.31. The highest BCUT2D eigenvalue weighted by Gasteiger charge is 2.41. The first-order chi connectivity index (χ1) is 8.78. The monoisotopic (exact) mass is 244 g/mol. The summed E-state index contributed by atoms with van der Waals surface area (Å²) in [7, 11) is 0. The molecule has 2 fully saturated rings. The van der Waals surface area contributed by atoms with E-state index >= 15 is 0 Å². The molecule has 0 amide bonds. The van der Waals surface area contributed by atoms with Gasteiger partial charge in [0, 0.05) is 6.20 Å². The normalized spacial score (nSPS) is 30.2. The van der Waals surface area contributed by atoms with Crippen molar-refractivity contribution in [2.75, 3.05) is 5.32 Å². The minimum Gasteiger partial charge on any atom is -0.373 e. The van der Waals surface area contributed by atoms with Crippen LogP contribution in [0, 0.1) is 6.92 Å². The van der Waals surface area contributed by atoms with Gasteiger partial charge in [0.25, 0.3) is 0 Å². The third-order valence-corrected chi connectivity index (χ3v) is 3.90. The summed E-state index contributed by atoms with van der Waals surface area (Å²) < 4.78 is 7.65. The zero-order valence-electron chi connectivity index (χ0n) is 10.3. The summed E-state index contributed by atoms with van der Waals surface area (Å²) >= 11 is 0. The van der Waals surface area contributed by atoms with E-state index in [0.717, 1.165) is 18.5 Å². The molecule has 2 aliphatic rings. The van der Waals surface area contributed by atoms with Gasteiger partial charge >= 0.3 is 0 Å². The minimum absolute atomic E-state index is 0.350. The standard InChI is InChI=1S/C13H16N4O/c1-8-2-5-12-15-13(16-17(12)7-8)14-10-6-9-3-4-11(10)18-9/h2,5,7,9-11H,3-4,6H2,1H3,(H,14,16). The van der Waals surface area contributed by atoms with E-state index in [1.54, 1.807) is 0 Å². The van der Waals surface area contributed by atoms with Gasteiger partial charge in [-0.05, 0) is 37.8 Å². The van der Waals surface area contributed by atoms with Crippen molar-refractivity contribution in [2.45, 2.75) is 44.4 Å². The van der Waals surface area contributed by atoms with E-state index in [0.29, 0.717) is 24.2 Å². The van der Waals surface area contributed by atoms with Crippen LogP contribution in [0.2, 0.25) is 0 Å². The lowest BCUT2D eigenvalue weighted by molar-refractivity contribution is 0.102. The average molecular weight is 244 g/mol. The number of hydrogen-bond donors (Lipinski definition) is 1. The van der Waals surface area contributed by atoms with Crippen LogP contribution in [0.25, 0.3) is 5.65 Å². The summed E-state index contributed by atoms with van der Waals surface area (Å²) in [5.41, 5.74) is 2.06. The fourth-order valence-corrected chi connectivity index (χ4v) is 3.00. The third kappa shape index (κ3) is 1.58. The molecule has 2 bridgehead atoms. The lowest BCUT2D eigenvalue weighted by Gasteiger charge is -2.18. The van der Waals surface area contributed by atoms with E-state index in [2.05, 4.69) is 28.4 Å². The van der Waals surface area contributed by atoms with Crippen LogP contribution < -0.4 is 5.32 Å². The van der Waals surface area contributed by atoms with Gasteiger partial charge in [0.2, 0.25) is 5.95 Å². The summed E-state index contributed by atoms with van der Waals surface area (Å²) in [6.45, 7) is 2.05. The molecule has 94 valence electrons. The largest absolute Gasteiger partial charge is 0.373 e. The molecule has 0 aliphatic carbocycles. The number of aromatic nitrogens is 3. The maximum Gasteiger partial charge on any atom is 0.243 e. The van der Waals surface area contributed by atoms with Crippen LogP contribution in [-0.4, -0.2) is 32.8 Å². The van der Waals surface area contributed by atoms with E-state index < -0.39 is 0 Å². The Morgan fingerprint density at radius 2 is 2.33 bits per heavy atom. The Balaban J connectivity index is 1.59. The Labute approximate surface area is 105 Å². The molecule has 3 atom stereocenters. The molecule has 2 saturated heterocycles. The van der Waals surface area contributed by atoms with E-state index in [-0.39, 0.29) is 0 Å².